The molecule has 1 fully saturated rings. The predicted octanol–water partition coefficient (Wildman–Crippen LogP) is 3.71. The summed E-state index contributed by atoms with van der Waals surface area (Å²) in [4.78, 5) is 0. The van der Waals surface area contributed by atoms with Crippen molar-refractivity contribution in [3.8, 4) is 11.1 Å². The van der Waals surface area contributed by atoms with Crippen molar-refractivity contribution in [3.63, 3.8) is 0 Å². The Kier molecular flexibility index (Phi) is 3.30. The molecule has 19 heavy (non-hydrogen) atoms. The summed E-state index contributed by atoms with van der Waals surface area (Å²) in [6.07, 6.45) is 1.15. The molecule has 98 valence electrons. The third-order valence-electron chi connectivity index (χ3n) is 3.64. The summed E-state index contributed by atoms with van der Waals surface area (Å²) in [5.74, 6) is -0.531. The highest BCUT2D eigenvalue weighted by atomic mass is 19.1. The lowest BCUT2D eigenvalue weighted by molar-refractivity contribution is 0.584. The summed E-state index contributed by atoms with van der Waals surface area (Å²) in [6.45, 7) is 2.06. The van der Waals surface area contributed by atoms with Crippen LogP contribution in [0.4, 0.5) is 8.78 Å². The van der Waals surface area contributed by atoms with Gasteiger partial charge in [0.25, 0.3) is 0 Å². The van der Waals surface area contributed by atoms with Gasteiger partial charge in [-0.25, -0.2) is 8.78 Å². The van der Waals surface area contributed by atoms with E-state index in [1.165, 1.54) is 17.7 Å². The van der Waals surface area contributed by atoms with Gasteiger partial charge < -0.3 is 5.32 Å². The topological polar surface area (TPSA) is 12.0 Å². The monoisotopic (exact) mass is 259 g/mol. The maximum atomic E-state index is 13.2. The molecule has 1 atom stereocenters. The highest BCUT2D eigenvalue weighted by Gasteiger charge is 2.16. The van der Waals surface area contributed by atoms with Crippen molar-refractivity contribution < 1.29 is 8.78 Å². The Balaban J connectivity index is 1.89. The summed E-state index contributed by atoms with van der Waals surface area (Å²) in [5.41, 5.74) is 2.70. The minimum Gasteiger partial charge on any atom is -0.316 e. The fraction of sp³-hybridized carbons (Fsp3) is 0.250. The molecule has 0 radical (unpaired) electrons. The SMILES string of the molecule is Fc1cc(F)cc(-c2ccc(C3CCNC3)cc2)c1. The molecule has 1 unspecified atom stereocenters. The average Bonchev–Trinajstić information content (AvgIpc) is 2.91. The number of hydrogen-bond donors (Lipinski definition) is 1. The van der Waals surface area contributed by atoms with Gasteiger partial charge in [0, 0.05) is 12.6 Å². The maximum Gasteiger partial charge on any atom is 0.126 e. The third-order valence-corrected chi connectivity index (χ3v) is 3.64. The van der Waals surface area contributed by atoms with Crippen molar-refractivity contribution in [3.05, 3.63) is 59.7 Å². The first kappa shape index (κ1) is 12.3. The molecule has 0 aromatic heterocycles. The Hall–Kier alpha value is -1.74. The largest absolute Gasteiger partial charge is 0.316 e. The van der Waals surface area contributed by atoms with Gasteiger partial charge in [-0.3, -0.25) is 0 Å². The molecule has 0 spiro atoms. The zero-order valence-electron chi connectivity index (χ0n) is 10.5. The molecular weight excluding hydrogens is 244 g/mol. The molecule has 3 heteroatoms. The fourth-order valence-electron chi connectivity index (χ4n) is 2.61. The molecule has 0 amide bonds. The summed E-state index contributed by atoms with van der Waals surface area (Å²) in [5, 5.41) is 3.33. The lowest BCUT2D eigenvalue weighted by Crippen LogP contribution is -2.07. The molecule has 0 aliphatic carbocycles. The van der Waals surface area contributed by atoms with Crippen LogP contribution in [-0.4, -0.2) is 13.1 Å². The van der Waals surface area contributed by atoms with E-state index in [2.05, 4.69) is 17.4 Å². The predicted molar refractivity (Wildman–Crippen MR) is 72.0 cm³/mol. The molecule has 1 heterocycles. The van der Waals surface area contributed by atoms with Crippen LogP contribution in [-0.2, 0) is 0 Å². The first-order chi connectivity index (χ1) is 9.22. The minimum absolute atomic E-state index is 0.543. The van der Waals surface area contributed by atoms with Crippen LogP contribution < -0.4 is 5.32 Å². The van der Waals surface area contributed by atoms with Gasteiger partial charge in [-0.15, -0.1) is 0 Å². The van der Waals surface area contributed by atoms with Gasteiger partial charge in [0.2, 0.25) is 0 Å². The van der Waals surface area contributed by atoms with E-state index in [0.29, 0.717) is 11.5 Å². The van der Waals surface area contributed by atoms with E-state index in [9.17, 15) is 8.78 Å². The summed E-state index contributed by atoms with van der Waals surface area (Å²) >= 11 is 0. The number of halogens is 2. The smallest absolute Gasteiger partial charge is 0.126 e. The number of benzene rings is 2. The van der Waals surface area contributed by atoms with Crippen LogP contribution in [0.5, 0.6) is 0 Å². The second-order valence-electron chi connectivity index (χ2n) is 4.97. The van der Waals surface area contributed by atoms with Crippen molar-refractivity contribution in [2.24, 2.45) is 0 Å². The summed E-state index contributed by atoms with van der Waals surface area (Å²) in [6, 6.07) is 11.6. The molecule has 2 aromatic carbocycles. The van der Waals surface area contributed by atoms with Gasteiger partial charge in [-0.2, -0.15) is 0 Å². The quantitative estimate of drug-likeness (QED) is 0.867. The van der Waals surface area contributed by atoms with Gasteiger partial charge in [-0.05, 0) is 47.7 Å². The average molecular weight is 259 g/mol. The molecule has 1 saturated heterocycles. The summed E-state index contributed by atoms with van der Waals surface area (Å²) in [7, 11) is 0. The second kappa shape index (κ2) is 5.10. The van der Waals surface area contributed by atoms with Gasteiger partial charge in [0.15, 0.2) is 0 Å². The molecule has 1 aliphatic rings. The van der Waals surface area contributed by atoms with Gasteiger partial charge in [0.1, 0.15) is 11.6 Å². The van der Waals surface area contributed by atoms with Crippen LogP contribution >= 0.6 is 0 Å². The molecule has 0 bridgehead atoms. The van der Waals surface area contributed by atoms with Crippen LogP contribution in [0.2, 0.25) is 0 Å². The first-order valence-corrected chi connectivity index (χ1v) is 6.49. The van der Waals surface area contributed by atoms with Crippen molar-refractivity contribution in [2.75, 3.05) is 13.1 Å². The molecule has 1 aliphatic heterocycles. The van der Waals surface area contributed by atoms with E-state index >= 15 is 0 Å². The normalized spacial score (nSPS) is 18.7. The first-order valence-electron chi connectivity index (χ1n) is 6.49. The third kappa shape index (κ3) is 2.66. The van der Waals surface area contributed by atoms with Crippen LogP contribution in [0, 0.1) is 11.6 Å². The second-order valence-corrected chi connectivity index (χ2v) is 4.97. The molecule has 1 N–H and O–H groups in total. The van der Waals surface area contributed by atoms with E-state index in [1.807, 2.05) is 12.1 Å². The Morgan fingerprint density at radius 2 is 1.58 bits per heavy atom. The molecular formula is C16H15F2N. The molecule has 0 saturated carbocycles. The van der Waals surface area contributed by atoms with E-state index in [-0.39, 0.29) is 0 Å². The van der Waals surface area contributed by atoms with E-state index in [0.717, 1.165) is 31.1 Å². The van der Waals surface area contributed by atoms with Crippen LogP contribution in [0.3, 0.4) is 0 Å². The van der Waals surface area contributed by atoms with Crippen LogP contribution in [0.25, 0.3) is 11.1 Å². The van der Waals surface area contributed by atoms with Crippen LogP contribution in [0.1, 0.15) is 17.9 Å². The molecule has 3 rings (SSSR count). The summed E-state index contributed by atoms with van der Waals surface area (Å²) < 4.78 is 26.4. The highest BCUT2D eigenvalue weighted by molar-refractivity contribution is 5.63. The lowest BCUT2D eigenvalue weighted by Gasteiger charge is -2.10. The number of rotatable bonds is 2. The van der Waals surface area contributed by atoms with Crippen molar-refractivity contribution in [1.82, 2.24) is 5.32 Å². The van der Waals surface area contributed by atoms with Crippen molar-refractivity contribution in [2.45, 2.75) is 12.3 Å². The van der Waals surface area contributed by atoms with E-state index < -0.39 is 11.6 Å². The molecule has 1 nitrogen and oxygen atoms in total. The van der Waals surface area contributed by atoms with Crippen LogP contribution in [0.15, 0.2) is 42.5 Å². The van der Waals surface area contributed by atoms with E-state index in [1.54, 1.807) is 0 Å². The minimum atomic E-state index is -0.543. The zero-order valence-corrected chi connectivity index (χ0v) is 10.5. The Labute approximate surface area is 111 Å². The lowest BCUT2D eigenvalue weighted by atomic mass is 9.95. The molecule has 2 aromatic rings. The highest BCUT2D eigenvalue weighted by Crippen LogP contribution is 2.26. The van der Waals surface area contributed by atoms with Gasteiger partial charge >= 0.3 is 0 Å². The van der Waals surface area contributed by atoms with E-state index in [4.69, 9.17) is 0 Å². The number of hydrogen-bond acceptors (Lipinski definition) is 1. The standard InChI is InChI=1S/C16H15F2N/c17-15-7-14(8-16(18)9-15)12-3-1-11(2-4-12)13-5-6-19-10-13/h1-4,7-9,13,19H,5-6,10H2. The fourth-order valence-corrected chi connectivity index (χ4v) is 2.61. The zero-order chi connectivity index (χ0) is 13.2. The number of nitrogens with one attached hydrogen (secondary N) is 1. The van der Waals surface area contributed by atoms with Gasteiger partial charge in [0.05, 0.1) is 0 Å². The van der Waals surface area contributed by atoms with Crippen molar-refractivity contribution >= 4 is 0 Å². The Morgan fingerprint density at radius 3 is 2.16 bits per heavy atom. The van der Waals surface area contributed by atoms with Gasteiger partial charge in [-0.1, -0.05) is 24.3 Å². The van der Waals surface area contributed by atoms with Crippen molar-refractivity contribution in [1.29, 1.82) is 0 Å². The Bertz CT molecular complexity index is 552. The maximum absolute atomic E-state index is 13.2. The Morgan fingerprint density at radius 1 is 0.895 bits per heavy atom.